The summed E-state index contributed by atoms with van der Waals surface area (Å²) in [5, 5.41) is 11.2. The number of alkyl halides is 3. The zero-order valence-corrected chi connectivity index (χ0v) is 14.2. The second kappa shape index (κ2) is 7.74. The molecule has 0 spiro atoms. The van der Waals surface area contributed by atoms with Gasteiger partial charge in [0.25, 0.3) is 0 Å². The monoisotopic (exact) mass is 384 g/mol. The van der Waals surface area contributed by atoms with Crippen LogP contribution < -0.4 is 5.76 Å². The maximum absolute atomic E-state index is 13.0. The first-order valence-electron chi connectivity index (χ1n) is 7.99. The lowest BCUT2D eigenvalue weighted by Gasteiger charge is -2.09. The zero-order chi connectivity index (χ0) is 19.4. The molecule has 0 bridgehead atoms. The maximum atomic E-state index is 13.0. The molecule has 0 aliphatic rings. The number of hydrogen-bond acceptors (Lipinski definition) is 7. The second-order valence-corrected chi connectivity index (χ2v) is 5.67. The zero-order valence-electron chi connectivity index (χ0n) is 14.2. The van der Waals surface area contributed by atoms with Gasteiger partial charge in [-0.15, -0.1) is 0 Å². The van der Waals surface area contributed by atoms with Crippen molar-refractivity contribution in [1.82, 2.24) is 20.0 Å². The third-order valence-electron chi connectivity index (χ3n) is 3.82. The van der Waals surface area contributed by atoms with E-state index in [1.807, 2.05) is 0 Å². The Morgan fingerprint density at radius 1 is 1.19 bits per heavy atom. The van der Waals surface area contributed by atoms with E-state index in [0.29, 0.717) is 25.1 Å². The highest BCUT2D eigenvalue weighted by Crippen LogP contribution is 2.31. The third kappa shape index (κ3) is 4.08. The minimum Gasteiger partial charge on any atom is -0.385 e. The summed E-state index contributed by atoms with van der Waals surface area (Å²) in [5.74, 6) is -1.03. The summed E-state index contributed by atoms with van der Waals surface area (Å²) in [6.45, 7) is 0.569. The first kappa shape index (κ1) is 18.8. The van der Waals surface area contributed by atoms with E-state index in [-0.39, 0.29) is 17.2 Å². The predicted molar refractivity (Wildman–Crippen MR) is 85.2 cm³/mol. The number of methoxy groups -OCH3 is 1. The van der Waals surface area contributed by atoms with E-state index >= 15 is 0 Å². The minimum absolute atomic E-state index is 0.0561. The molecule has 0 aliphatic heterocycles. The number of benzene rings is 1. The Morgan fingerprint density at radius 2 is 2.00 bits per heavy atom. The standard InChI is InChI=1S/C16H15F3N4O4/c1-25-8-3-2-7-12-13(21-27-20-12)14-22-26-15(24)23(14)11-6-4-5-10(9-11)16(17,18)19/h4-6,9H,2-3,7-8H2,1H3. The van der Waals surface area contributed by atoms with Crippen molar-refractivity contribution in [2.45, 2.75) is 25.4 Å². The average molecular weight is 384 g/mol. The van der Waals surface area contributed by atoms with Crippen LogP contribution in [0.5, 0.6) is 0 Å². The first-order valence-corrected chi connectivity index (χ1v) is 7.99. The number of halogens is 3. The van der Waals surface area contributed by atoms with Gasteiger partial charge in [0, 0.05) is 13.7 Å². The molecule has 3 aromatic rings. The van der Waals surface area contributed by atoms with Crippen molar-refractivity contribution in [2.24, 2.45) is 0 Å². The third-order valence-corrected chi connectivity index (χ3v) is 3.82. The van der Waals surface area contributed by atoms with Crippen LogP contribution in [0.2, 0.25) is 0 Å². The number of ether oxygens (including phenoxy) is 1. The van der Waals surface area contributed by atoms with E-state index in [9.17, 15) is 18.0 Å². The second-order valence-electron chi connectivity index (χ2n) is 5.67. The highest BCUT2D eigenvalue weighted by Gasteiger charge is 2.31. The fourth-order valence-electron chi connectivity index (χ4n) is 2.53. The Hall–Kier alpha value is -2.95. The van der Waals surface area contributed by atoms with Gasteiger partial charge in [-0.25, -0.2) is 14.0 Å². The van der Waals surface area contributed by atoms with Gasteiger partial charge < -0.3 is 4.74 Å². The van der Waals surface area contributed by atoms with Gasteiger partial charge in [0.05, 0.1) is 11.3 Å². The molecular weight excluding hydrogens is 369 g/mol. The van der Waals surface area contributed by atoms with Crippen LogP contribution in [0.1, 0.15) is 24.1 Å². The summed E-state index contributed by atoms with van der Waals surface area (Å²) in [6, 6.07) is 4.26. The number of hydrogen-bond donors (Lipinski definition) is 0. The summed E-state index contributed by atoms with van der Waals surface area (Å²) >= 11 is 0. The number of rotatable bonds is 7. The molecule has 8 nitrogen and oxygen atoms in total. The topological polar surface area (TPSA) is 96.2 Å². The molecule has 2 aromatic heterocycles. The van der Waals surface area contributed by atoms with E-state index in [4.69, 9.17) is 9.37 Å². The van der Waals surface area contributed by atoms with Gasteiger partial charge in [0.2, 0.25) is 5.82 Å². The lowest BCUT2D eigenvalue weighted by atomic mass is 10.1. The molecule has 0 fully saturated rings. The quantitative estimate of drug-likeness (QED) is 0.578. The van der Waals surface area contributed by atoms with E-state index in [1.54, 1.807) is 7.11 Å². The molecule has 0 atom stereocenters. The molecule has 0 saturated heterocycles. The van der Waals surface area contributed by atoms with Crippen molar-refractivity contribution in [2.75, 3.05) is 13.7 Å². The molecule has 27 heavy (non-hydrogen) atoms. The molecule has 0 aliphatic carbocycles. The Labute approximate surface area is 150 Å². The molecule has 2 heterocycles. The summed E-state index contributed by atoms with van der Waals surface area (Å²) in [7, 11) is 1.59. The summed E-state index contributed by atoms with van der Waals surface area (Å²) < 4.78 is 54.2. The smallest absolute Gasteiger partial charge is 0.385 e. The van der Waals surface area contributed by atoms with Crippen LogP contribution >= 0.6 is 0 Å². The summed E-state index contributed by atoms with van der Waals surface area (Å²) in [6.07, 6.45) is -2.62. The van der Waals surface area contributed by atoms with Crippen molar-refractivity contribution in [3.8, 4) is 17.2 Å². The fourth-order valence-corrected chi connectivity index (χ4v) is 2.53. The Bertz CT molecular complexity index is 961. The Kier molecular flexibility index (Phi) is 5.40. The highest BCUT2D eigenvalue weighted by molar-refractivity contribution is 5.55. The fraction of sp³-hybridized carbons (Fsp3) is 0.375. The van der Waals surface area contributed by atoms with E-state index in [0.717, 1.165) is 23.1 Å². The van der Waals surface area contributed by atoms with Gasteiger partial charge in [0.1, 0.15) is 5.69 Å². The van der Waals surface area contributed by atoms with Crippen molar-refractivity contribution < 1.29 is 27.1 Å². The highest BCUT2D eigenvalue weighted by atomic mass is 19.4. The van der Waals surface area contributed by atoms with Crippen molar-refractivity contribution in [1.29, 1.82) is 0 Å². The molecule has 3 rings (SSSR count). The lowest BCUT2D eigenvalue weighted by Crippen LogP contribution is -2.15. The Balaban J connectivity index is 1.98. The molecule has 144 valence electrons. The largest absolute Gasteiger partial charge is 0.446 e. The van der Waals surface area contributed by atoms with Crippen molar-refractivity contribution in [3.05, 3.63) is 46.1 Å². The number of aryl methyl sites for hydroxylation is 1. The van der Waals surface area contributed by atoms with Gasteiger partial charge >= 0.3 is 11.9 Å². The molecule has 11 heteroatoms. The van der Waals surface area contributed by atoms with Crippen LogP contribution in [0.4, 0.5) is 13.2 Å². The number of aromatic nitrogens is 4. The van der Waals surface area contributed by atoms with Crippen LogP contribution in [0, 0.1) is 0 Å². The summed E-state index contributed by atoms with van der Waals surface area (Å²) in [4.78, 5) is 12.1. The van der Waals surface area contributed by atoms with Crippen molar-refractivity contribution >= 4 is 0 Å². The van der Waals surface area contributed by atoms with Crippen LogP contribution in [0.3, 0.4) is 0 Å². The molecule has 0 N–H and O–H groups in total. The normalized spacial score (nSPS) is 11.9. The number of unbranched alkanes of at least 4 members (excludes halogenated alkanes) is 1. The van der Waals surface area contributed by atoms with Gasteiger partial charge in [0.15, 0.2) is 5.69 Å². The number of nitrogens with zero attached hydrogens (tertiary/aromatic N) is 4. The Morgan fingerprint density at radius 3 is 2.74 bits per heavy atom. The van der Waals surface area contributed by atoms with Crippen LogP contribution in [0.15, 0.2) is 38.2 Å². The molecule has 0 amide bonds. The predicted octanol–water partition coefficient (Wildman–Crippen LogP) is 2.86. The molecule has 0 radical (unpaired) electrons. The van der Waals surface area contributed by atoms with Gasteiger partial charge in [-0.05, 0) is 42.6 Å². The van der Waals surface area contributed by atoms with Crippen molar-refractivity contribution in [3.63, 3.8) is 0 Å². The van der Waals surface area contributed by atoms with E-state index < -0.39 is 17.5 Å². The maximum Gasteiger partial charge on any atom is 0.446 e. The molecule has 0 unspecified atom stereocenters. The molecule has 1 aromatic carbocycles. The van der Waals surface area contributed by atoms with E-state index in [1.165, 1.54) is 12.1 Å². The first-order chi connectivity index (χ1) is 12.9. The van der Waals surface area contributed by atoms with Gasteiger partial charge in [-0.3, -0.25) is 4.52 Å². The lowest BCUT2D eigenvalue weighted by molar-refractivity contribution is -0.137. The average Bonchev–Trinajstić information content (AvgIpc) is 3.24. The van der Waals surface area contributed by atoms with Crippen LogP contribution in [0.25, 0.3) is 17.2 Å². The van der Waals surface area contributed by atoms with Gasteiger partial charge in [-0.2, -0.15) is 13.2 Å². The molecule has 0 saturated carbocycles. The minimum atomic E-state index is -4.56. The van der Waals surface area contributed by atoms with Crippen LogP contribution in [-0.4, -0.2) is 33.8 Å². The molecular formula is C16H15F3N4O4. The van der Waals surface area contributed by atoms with Crippen LogP contribution in [-0.2, 0) is 17.3 Å². The van der Waals surface area contributed by atoms with Gasteiger partial charge in [-0.1, -0.05) is 16.4 Å². The summed E-state index contributed by atoms with van der Waals surface area (Å²) in [5.41, 5.74) is -0.410. The SMILES string of the molecule is COCCCCc1nonc1-c1noc(=O)n1-c1cccc(C(F)(F)F)c1. The van der Waals surface area contributed by atoms with E-state index in [2.05, 4.69) is 20.0 Å².